The number of nitrogens with one attached hydrogen (secondary N) is 2. The van der Waals surface area contributed by atoms with Crippen LogP contribution in [0.15, 0.2) is 65.7 Å². The van der Waals surface area contributed by atoms with Crippen molar-refractivity contribution >= 4 is 15.7 Å². The normalized spacial score (nSPS) is 10.9. The van der Waals surface area contributed by atoms with E-state index in [1.165, 1.54) is 31.5 Å². The van der Waals surface area contributed by atoms with Gasteiger partial charge < -0.3 is 9.72 Å². The quantitative estimate of drug-likeness (QED) is 0.735. The molecule has 0 amide bonds. The number of hydrogen-bond acceptors (Lipinski definition) is 4. The lowest BCUT2D eigenvalue weighted by Crippen LogP contribution is -2.13. The van der Waals surface area contributed by atoms with Crippen molar-refractivity contribution in [3.8, 4) is 23.1 Å². The third-order valence-corrected chi connectivity index (χ3v) is 4.97. The zero-order chi connectivity index (χ0) is 17.9. The smallest absolute Gasteiger partial charge is 0.263 e. The minimum absolute atomic E-state index is 0.109. The maximum atomic E-state index is 12.6. The number of H-pyrrole nitrogens is 1. The highest BCUT2D eigenvalue weighted by Gasteiger charge is 2.19. The van der Waals surface area contributed by atoms with Crippen molar-refractivity contribution in [3.63, 3.8) is 0 Å². The lowest BCUT2D eigenvalue weighted by atomic mass is 10.2. The van der Waals surface area contributed by atoms with Gasteiger partial charge in [0.25, 0.3) is 10.0 Å². The van der Waals surface area contributed by atoms with Crippen molar-refractivity contribution in [3.05, 3.63) is 66.4 Å². The Labute approximate surface area is 145 Å². The van der Waals surface area contributed by atoms with E-state index in [-0.39, 0.29) is 16.3 Å². The molecule has 7 heteroatoms. The maximum absolute atomic E-state index is 12.6. The van der Waals surface area contributed by atoms with Crippen LogP contribution in [-0.2, 0) is 10.0 Å². The first-order valence-electron chi connectivity index (χ1n) is 7.38. The van der Waals surface area contributed by atoms with E-state index >= 15 is 0 Å². The molecule has 2 N–H and O–H groups in total. The summed E-state index contributed by atoms with van der Waals surface area (Å²) in [5.41, 5.74) is 2.24. The Bertz CT molecular complexity index is 1030. The molecule has 0 bridgehead atoms. The predicted octanol–water partition coefficient (Wildman–Crippen LogP) is 3.36. The third-order valence-electron chi connectivity index (χ3n) is 3.63. The van der Waals surface area contributed by atoms with Gasteiger partial charge in [0.2, 0.25) is 0 Å². The number of sulfonamides is 1. The molecule has 0 atom stereocenters. The zero-order valence-electron chi connectivity index (χ0n) is 13.4. The molecule has 0 fully saturated rings. The summed E-state index contributed by atoms with van der Waals surface area (Å²) in [6.45, 7) is 0. The van der Waals surface area contributed by atoms with Crippen molar-refractivity contribution < 1.29 is 13.2 Å². The van der Waals surface area contributed by atoms with Crippen LogP contribution in [0.3, 0.4) is 0 Å². The molecule has 0 radical (unpaired) electrons. The highest BCUT2D eigenvalue weighted by Crippen LogP contribution is 2.29. The number of aromatic amines is 1. The van der Waals surface area contributed by atoms with Crippen molar-refractivity contribution in [2.45, 2.75) is 4.90 Å². The summed E-state index contributed by atoms with van der Waals surface area (Å²) in [7, 11) is -2.38. The summed E-state index contributed by atoms with van der Waals surface area (Å²) in [6.07, 6.45) is 1.43. The number of methoxy groups -OCH3 is 1. The van der Waals surface area contributed by atoms with Gasteiger partial charge in [-0.25, -0.2) is 8.42 Å². The topological polar surface area (TPSA) is 95.0 Å². The molecule has 6 nitrogen and oxygen atoms in total. The van der Waals surface area contributed by atoms with Crippen LogP contribution < -0.4 is 9.46 Å². The van der Waals surface area contributed by atoms with Crippen LogP contribution >= 0.6 is 0 Å². The van der Waals surface area contributed by atoms with Crippen LogP contribution in [-0.4, -0.2) is 20.5 Å². The predicted molar refractivity (Wildman–Crippen MR) is 94.7 cm³/mol. The Morgan fingerprint density at radius 1 is 1.12 bits per heavy atom. The monoisotopic (exact) mass is 353 g/mol. The molecule has 0 spiro atoms. The molecule has 1 aromatic heterocycles. The molecule has 0 aliphatic carbocycles. The first kappa shape index (κ1) is 16.6. The number of hydrogen-bond donors (Lipinski definition) is 2. The molecule has 1 heterocycles. The number of benzene rings is 2. The van der Waals surface area contributed by atoms with Crippen LogP contribution in [0.1, 0.15) is 5.56 Å². The fraction of sp³-hybridized carbons (Fsp3) is 0.0556. The van der Waals surface area contributed by atoms with Crippen LogP contribution in [0.25, 0.3) is 11.3 Å². The standard InChI is InChI=1S/C18H15N3O3S/c1-24-18-9-13(11-19)7-8-16(18)21-25(22,23)15-10-17(20-12-15)14-5-3-2-4-6-14/h2-10,12,20-21H,1H3. The van der Waals surface area contributed by atoms with Crippen molar-refractivity contribution in [2.75, 3.05) is 11.8 Å². The molecule has 0 unspecified atom stereocenters. The van der Waals surface area contributed by atoms with Crippen molar-refractivity contribution in [1.82, 2.24) is 4.98 Å². The molecule has 0 aliphatic rings. The summed E-state index contributed by atoms with van der Waals surface area (Å²) in [5, 5.41) is 8.92. The van der Waals surface area contributed by atoms with E-state index in [1.54, 1.807) is 6.07 Å². The van der Waals surface area contributed by atoms with Crippen LogP contribution in [0.5, 0.6) is 5.75 Å². The van der Waals surface area contributed by atoms with Crippen molar-refractivity contribution in [2.24, 2.45) is 0 Å². The number of rotatable bonds is 5. The van der Waals surface area contributed by atoms with Crippen molar-refractivity contribution in [1.29, 1.82) is 5.26 Å². The van der Waals surface area contributed by atoms with Crippen LogP contribution in [0.4, 0.5) is 5.69 Å². The van der Waals surface area contributed by atoms with Gasteiger partial charge >= 0.3 is 0 Å². The second-order valence-corrected chi connectivity index (χ2v) is 6.93. The first-order chi connectivity index (χ1) is 12.0. The van der Waals surface area contributed by atoms with E-state index in [9.17, 15) is 8.42 Å². The lowest BCUT2D eigenvalue weighted by Gasteiger charge is -2.11. The van der Waals surface area contributed by atoms with Gasteiger partial charge in [0.1, 0.15) is 10.6 Å². The molecule has 0 aliphatic heterocycles. The molecule has 0 saturated carbocycles. The average molecular weight is 353 g/mol. The summed E-state index contributed by atoms with van der Waals surface area (Å²) in [5.74, 6) is 0.279. The summed E-state index contributed by atoms with van der Waals surface area (Å²) < 4.78 is 32.9. The second kappa shape index (κ2) is 6.71. The second-order valence-electron chi connectivity index (χ2n) is 5.25. The van der Waals surface area contributed by atoms with Gasteiger partial charge in [-0.2, -0.15) is 5.26 Å². The van der Waals surface area contributed by atoms with Gasteiger partial charge in [-0.05, 0) is 23.8 Å². The fourth-order valence-electron chi connectivity index (χ4n) is 2.36. The molecule has 25 heavy (non-hydrogen) atoms. The Morgan fingerprint density at radius 2 is 1.88 bits per heavy atom. The van der Waals surface area contributed by atoms with E-state index in [4.69, 9.17) is 10.00 Å². The highest BCUT2D eigenvalue weighted by atomic mass is 32.2. The molecular weight excluding hydrogens is 338 g/mol. The largest absolute Gasteiger partial charge is 0.495 e. The first-order valence-corrected chi connectivity index (χ1v) is 8.86. The third kappa shape index (κ3) is 3.49. The maximum Gasteiger partial charge on any atom is 0.263 e. The van der Waals surface area contributed by atoms with Gasteiger partial charge in [0, 0.05) is 18.0 Å². The van der Waals surface area contributed by atoms with Gasteiger partial charge in [0.05, 0.1) is 24.4 Å². The minimum Gasteiger partial charge on any atom is -0.495 e. The van der Waals surface area contributed by atoms with Gasteiger partial charge in [-0.3, -0.25) is 4.72 Å². The van der Waals surface area contributed by atoms with E-state index in [2.05, 4.69) is 9.71 Å². The number of ether oxygens (including phenoxy) is 1. The Hall–Kier alpha value is -3.24. The summed E-state index contributed by atoms with van der Waals surface area (Å²) in [4.78, 5) is 3.08. The number of anilines is 1. The van der Waals surface area contributed by atoms with E-state index < -0.39 is 10.0 Å². The Balaban J connectivity index is 1.91. The SMILES string of the molecule is COc1cc(C#N)ccc1NS(=O)(=O)c1c[nH]c(-c2ccccc2)c1. The van der Waals surface area contributed by atoms with Gasteiger partial charge in [-0.15, -0.1) is 0 Å². The average Bonchev–Trinajstić information content (AvgIpc) is 3.14. The number of aromatic nitrogens is 1. The van der Waals surface area contributed by atoms with E-state index in [1.807, 2.05) is 36.4 Å². The Kier molecular flexibility index (Phi) is 4.46. The lowest BCUT2D eigenvalue weighted by molar-refractivity contribution is 0.416. The highest BCUT2D eigenvalue weighted by molar-refractivity contribution is 7.92. The number of nitriles is 1. The minimum atomic E-state index is -3.80. The van der Waals surface area contributed by atoms with Gasteiger partial charge in [-0.1, -0.05) is 30.3 Å². The molecule has 126 valence electrons. The summed E-state index contributed by atoms with van der Waals surface area (Å²) >= 11 is 0. The van der Waals surface area contributed by atoms with Crippen LogP contribution in [0, 0.1) is 11.3 Å². The van der Waals surface area contributed by atoms with E-state index in [0.717, 1.165) is 5.56 Å². The molecule has 0 saturated heterocycles. The van der Waals surface area contributed by atoms with Gasteiger partial charge in [0.15, 0.2) is 0 Å². The zero-order valence-corrected chi connectivity index (χ0v) is 14.2. The molecule has 2 aromatic carbocycles. The Morgan fingerprint density at radius 3 is 2.56 bits per heavy atom. The molecule has 3 rings (SSSR count). The van der Waals surface area contributed by atoms with E-state index in [0.29, 0.717) is 11.3 Å². The van der Waals surface area contributed by atoms with Crippen LogP contribution in [0.2, 0.25) is 0 Å². The number of nitrogens with zero attached hydrogens (tertiary/aromatic N) is 1. The summed E-state index contributed by atoms with van der Waals surface area (Å²) in [6, 6.07) is 17.5. The fourth-order valence-corrected chi connectivity index (χ4v) is 3.43. The molecule has 3 aromatic rings. The molecular formula is C18H15N3O3S.